The summed E-state index contributed by atoms with van der Waals surface area (Å²) in [7, 11) is -2.23. The number of piperazine rings is 1. The molecule has 10 heteroatoms. The number of methoxy groups -OCH3 is 1. The van der Waals surface area contributed by atoms with Gasteiger partial charge in [-0.05, 0) is 57.2 Å². The maximum absolute atomic E-state index is 13.6. The van der Waals surface area contributed by atoms with Gasteiger partial charge < -0.3 is 24.3 Å². The van der Waals surface area contributed by atoms with Crippen molar-refractivity contribution in [3.8, 4) is 5.75 Å². The molecule has 1 amide bonds. The fraction of sp³-hybridized carbons (Fsp3) is 0.375. The van der Waals surface area contributed by atoms with Crippen molar-refractivity contribution in [1.29, 1.82) is 0 Å². The van der Waals surface area contributed by atoms with Crippen LogP contribution in [0.2, 0.25) is 0 Å². The maximum atomic E-state index is 13.6. The highest BCUT2D eigenvalue weighted by atomic mass is 79.9. The zero-order valence-electron chi connectivity index (χ0n) is 19.6. The Morgan fingerprint density at radius 1 is 1.06 bits per heavy atom. The van der Waals surface area contributed by atoms with Gasteiger partial charge in [-0.1, -0.05) is 15.9 Å². The first-order valence-electron chi connectivity index (χ1n) is 10.9. The van der Waals surface area contributed by atoms with Crippen LogP contribution in [0.4, 0.5) is 10.5 Å². The molecule has 1 saturated heterocycles. The number of sulfone groups is 1. The topological polar surface area (TPSA) is 91.9 Å². The van der Waals surface area contributed by atoms with E-state index in [0.29, 0.717) is 43.0 Å². The normalized spacial score (nSPS) is 15.0. The maximum Gasteiger partial charge on any atom is 0.410 e. The summed E-state index contributed by atoms with van der Waals surface area (Å²) in [4.78, 5) is 19.5. The van der Waals surface area contributed by atoms with E-state index in [9.17, 15) is 13.2 Å². The van der Waals surface area contributed by atoms with E-state index in [1.807, 2.05) is 37.8 Å². The number of halogens is 1. The van der Waals surface area contributed by atoms with Crippen molar-refractivity contribution in [2.24, 2.45) is 0 Å². The number of aromatic nitrogens is 1. The summed E-state index contributed by atoms with van der Waals surface area (Å²) in [6, 6.07) is 10.4. The minimum atomic E-state index is -3.79. The quantitative estimate of drug-likeness (QED) is 0.501. The number of rotatable bonds is 4. The Kier molecular flexibility index (Phi) is 6.56. The fourth-order valence-electron chi connectivity index (χ4n) is 3.96. The molecule has 1 N–H and O–H groups in total. The zero-order chi connectivity index (χ0) is 24.7. The molecule has 1 fully saturated rings. The molecule has 4 rings (SSSR count). The lowest BCUT2D eigenvalue weighted by molar-refractivity contribution is 0.0240. The Bertz CT molecular complexity index is 1320. The molecule has 3 aromatic rings. The lowest BCUT2D eigenvalue weighted by Crippen LogP contribution is -2.50. The van der Waals surface area contributed by atoms with E-state index in [-0.39, 0.29) is 15.9 Å². The predicted molar refractivity (Wildman–Crippen MR) is 134 cm³/mol. The van der Waals surface area contributed by atoms with Crippen molar-refractivity contribution in [2.45, 2.75) is 36.2 Å². The van der Waals surface area contributed by atoms with Crippen LogP contribution in [-0.2, 0) is 14.6 Å². The molecule has 0 atom stereocenters. The summed E-state index contributed by atoms with van der Waals surface area (Å²) in [5, 5.41) is 0.623. The molecule has 0 spiro atoms. The van der Waals surface area contributed by atoms with Crippen LogP contribution in [0.5, 0.6) is 5.75 Å². The van der Waals surface area contributed by atoms with E-state index in [4.69, 9.17) is 9.47 Å². The molecule has 0 aliphatic carbocycles. The van der Waals surface area contributed by atoms with Gasteiger partial charge in [0.2, 0.25) is 9.84 Å². The summed E-state index contributed by atoms with van der Waals surface area (Å²) in [6.07, 6.45) is 1.18. The molecule has 1 aliphatic heterocycles. The van der Waals surface area contributed by atoms with E-state index in [1.54, 1.807) is 36.3 Å². The highest BCUT2D eigenvalue weighted by Gasteiger charge is 2.29. The number of aromatic amines is 1. The van der Waals surface area contributed by atoms with Crippen molar-refractivity contribution >= 4 is 48.5 Å². The van der Waals surface area contributed by atoms with Gasteiger partial charge in [0.15, 0.2) is 0 Å². The van der Waals surface area contributed by atoms with Crippen molar-refractivity contribution in [3.05, 3.63) is 47.1 Å². The summed E-state index contributed by atoms with van der Waals surface area (Å²) in [6.45, 7) is 7.49. The molecule has 1 aliphatic rings. The van der Waals surface area contributed by atoms with Gasteiger partial charge >= 0.3 is 6.09 Å². The lowest BCUT2D eigenvalue weighted by Gasteiger charge is -2.37. The average molecular weight is 550 g/mol. The molecule has 2 aromatic carbocycles. The van der Waals surface area contributed by atoms with Crippen LogP contribution in [0.15, 0.2) is 56.9 Å². The average Bonchev–Trinajstić information content (AvgIpc) is 3.21. The first-order valence-corrected chi connectivity index (χ1v) is 13.2. The number of nitrogens with zero attached hydrogens (tertiary/aromatic N) is 2. The SMILES string of the molecule is COc1ccc(S(=O)(=O)c2c[nH]c3ccc(Br)cc23)cc1N1CCN(C(=O)OC(C)(C)C)CC1. The zero-order valence-corrected chi connectivity index (χ0v) is 22.0. The second-order valence-corrected chi connectivity index (χ2v) is 12.0. The van der Waals surface area contributed by atoms with E-state index < -0.39 is 15.4 Å². The van der Waals surface area contributed by atoms with E-state index in [2.05, 4.69) is 20.9 Å². The van der Waals surface area contributed by atoms with Crippen molar-refractivity contribution in [2.75, 3.05) is 38.2 Å². The van der Waals surface area contributed by atoms with Crippen molar-refractivity contribution in [3.63, 3.8) is 0 Å². The molecular weight excluding hydrogens is 522 g/mol. The number of benzene rings is 2. The number of H-pyrrole nitrogens is 1. The third-order valence-electron chi connectivity index (χ3n) is 5.63. The summed E-state index contributed by atoms with van der Waals surface area (Å²) < 4.78 is 38.9. The number of carbonyl (C=O) groups is 1. The second kappa shape index (κ2) is 9.14. The molecule has 2 heterocycles. The molecule has 8 nitrogen and oxygen atoms in total. The number of nitrogens with one attached hydrogen (secondary N) is 1. The Morgan fingerprint density at radius 2 is 1.76 bits per heavy atom. The predicted octanol–water partition coefficient (Wildman–Crippen LogP) is 4.83. The molecule has 182 valence electrons. The van der Waals surface area contributed by atoms with Crippen LogP contribution >= 0.6 is 15.9 Å². The standard InChI is InChI=1S/C24H28BrN3O5S/c1-24(2,3)33-23(29)28-11-9-27(10-12-28)20-14-17(6-8-21(20)32-4)34(30,31)22-15-26-19-7-5-16(25)13-18(19)22/h5-8,13-15,26H,9-12H2,1-4H3. The molecular formula is C24H28BrN3O5S. The number of carbonyl (C=O) groups excluding carboxylic acids is 1. The van der Waals surface area contributed by atoms with Gasteiger partial charge in [-0.2, -0.15) is 0 Å². The third kappa shape index (κ3) is 4.88. The number of anilines is 1. The third-order valence-corrected chi connectivity index (χ3v) is 7.91. The molecule has 1 aromatic heterocycles. The smallest absolute Gasteiger partial charge is 0.410 e. The van der Waals surface area contributed by atoms with E-state index >= 15 is 0 Å². The first-order chi connectivity index (χ1) is 16.0. The fourth-order valence-corrected chi connectivity index (χ4v) is 5.76. The van der Waals surface area contributed by atoms with Crippen LogP contribution in [0.25, 0.3) is 10.9 Å². The van der Waals surface area contributed by atoms with E-state index in [1.165, 1.54) is 6.20 Å². The summed E-state index contributed by atoms with van der Waals surface area (Å²) in [5.74, 6) is 0.575. The number of hydrogen-bond acceptors (Lipinski definition) is 6. The lowest BCUT2D eigenvalue weighted by atomic mass is 10.2. The second-order valence-electron chi connectivity index (χ2n) is 9.13. The Labute approximate surface area is 207 Å². The van der Waals surface area contributed by atoms with Gasteiger partial charge in [-0.25, -0.2) is 13.2 Å². The van der Waals surface area contributed by atoms with Gasteiger partial charge in [-0.15, -0.1) is 0 Å². The Morgan fingerprint density at radius 3 is 2.41 bits per heavy atom. The Hall–Kier alpha value is -2.72. The first kappa shape index (κ1) is 24.4. The number of ether oxygens (including phenoxy) is 2. The van der Waals surface area contributed by atoms with Gasteiger partial charge in [-0.3, -0.25) is 0 Å². The van der Waals surface area contributed by atoms with Crippen LogP contribution in [0, 0.1) is 0 Å². The highest BCUT2D eigenvalue weighted by molar-refractivity contribution is 9.10. The van der Waals surface area contributed by atoms with Gasteiger partial charge in [0, 0.05) is 47.8 Å². The van der Waals surface area contributed by atoms with E-state index in [0.717, 1.165) is 9.99 Å². The summed E-state index contributed by atoms with van der Waals surface area (Å²) >= 11 is 3.42. The highest BCUT2D eigenvalue weighted by Crippen LogP contribution is 2.36. The number of amides is 1. The molecule has 0 unspecified atom stereocenters. The minimum Gasteiger partial charge on any atom is -0.495 e. The largest absolute Gasteiger partial charge is 0.495 e. The van der Waals surface area contributed by atoms with Crippen molar-refractivity contribution in [1.82, 2.24) is 9.88 Å². The molecule has 0 radical (unpaired) electrons. The summed E-state index contributed by atoms with van der Waals surface area (Å²) in [5.41, 5.74) is 0.861. The van der Waals surface area contributed by atoms with Crippen molar-refractivity contribution < 1.29 is 22.7 Å². The number of hydrogen-bond donors (Lipinski definition) is 1. The van der Waals surface area contributed by atoms with Crippen LogP contribution in [0.1, 0.15) is 20.8 Å². The molecule has 0 saturated carbocycles. The molecule has 0 bridgehead atoms. The van der Waals surface area contributed by atoms with Crippen LogP contribution in [0.3, 0.4) is 0 Å². The van der Waals surface area contributed by atoms with Gasteiger partial charge in [0.1, 0.15) is 11.4 Å². The van der Waals surface area contributed by atoms with Crippen LogP contribution < -0.4 is 9.64 Å². The van der Waals surface area contributed by atoms with Crippen LogP contribution in [-0.4, -0.2) is 63.3 Å². The number of fused-ring (bicyclic) bond motifs is 1. The van der Waals surface area contributed by atoms with Gasteiger partial charge in [0.25, 0.3) is 0 Å². The monoisotopic (exact) mass is 549 g/mol. The Balaban J connectivity index is 1.62. The minimum absolute atomic E-state index is 0.179. The van der Waals surface area contributed by atoms with Gasteiger partial charge in [0.05, 0.1) is 22.6 Å². The molecule has 34 heavy (non-hydrogen) atoms.